The zero-order chi connectivity index (χ0) is 15.7. The van der Waals surface area contributed by atoms with Crippen LogP contribution in [-0.4, -0.2) is 34.5 Å². The van der Waals surface area contributed by atoms with Crippen LogP contribution in [0.1, 0.15) is 42.6 Å². The van der Waals surface area contributed by atoms with E-state index in [0.717, 1.165) is 24.2 Å². The predicted octanol–water partition coefficient (Wildman–Crippen LogP) is 2.97. The first kappa shape index (κ1) is 17.6. The Labute approximate surface area is 130 Å². The second kappa shape index (κ2) is 9.45. The van der Waals surface area contributed by atoms with Crippen molar-refractivity contribution in [1.82, 2.24) is 5.32 Å². The van der Waals surface area contributed by atoms with Crippen LogP contribution in [0.2, 0.25) is 0 Å². The van der Waals surface area contributed by atoms with Crippen LogP contribution in [0.5, 0.6) is 0 Å². The fourth-order valence-electron chi connectivity index (χ4n) is 1.81. The monoisotopic (exact) mass is 309 g/mol. The van der Waals surface area contributed by atoms with Gasteiger partial charge < -0.3 is 10.4 Å². The second-order valence-corrected chi connectivity index (χ2v) is 6.36. The molecule has 4 nitrogen and oxygen atoms in total. The molecule has 2 N–H and O–H groups in total. The fourth-order valence-corrected chi connectivity index (χ4v) is 2.86. The Kier molecular flexibility index (Phi) is 7.90. The molecule has 0 spiro atoms. The maximum Gasteiger partial charge on any atom is 0.335 e. The molecule has 1 rings (SSSR count). The molecule has 0 saturated carbocycles. The van der Waals surface area contributed by atoms with Crippen LogP contribution < -0.4 is 5.32 Å². The van der Waals surface area contributed by atoms with Gasteiger partial charge >= 0.3 is 5.97 Å². The van der Waals surface area contributed by atoms with Crippen LogP contribution >= 0.6 is 11.8 Å². The van der Waals surface area contributed by atoms with Gasteiger partial charge in [0.25, 0.3) is 0 Å². The van der Waals surface area contributed by atoms with Crippen LogP contribution in [0.4, 0.5) is 0 Å². The number of unbranched alkanes of at least 4 members (excludes halogenated alkanes) is 1. The lowest BCUT2D eigenvalue weighted by Crippen LogP contribution is -2.32. The van der Waals surface area contributed by atoms with E-state index >= 15 is 0 Å². The average molecular weight is 309 g/mol. The summed E-state index contributed by atoms with van der Waals surface area (Å²) in [5.41, 5.74) is 1.20. The van der Waals surface area contributed by atoms with Crippen molar-refractivity contribution in [2.45, 2.75) is 38.4 Å². The SMILES string of the molecule is CCCCSC(C)C(=O)NCCc1cccc(C(=O)O)c1. The molecule has 0 heterocycles. The number of rotatable bonds is 9. The first-order chi connectivity index (χ1) is 10.0. The summed E-state index contributed by atoms with van der Waals surface area (Å²) >= 11 is 1.67. The van der Waals surface area contributed by atoms with Crippen LogP contribution in [0.25, 0.3) is 0 Å². The smallest absolute Gasteiger partial charge is 0.335 e. The molecular formula is C16H23NO3S. The van der Waals surface area contributed by atoms with E-state index < -0.39 is 5.97 Å². The van der Waals surface area contributed by atoms with Gasteiger partial charge in [0, 0.05) is 6.54 Å². The predicted molar refractivity (Wildman–Crippen MR) is 86.9 cm³/mol. The lowest BCUT2D eigenvalue weighted by atomic mass is 10.1. The van der Waals surface area contributed by atoms with Crippen molar-refractivity contribution in [1.29, 1.82) is 0 Å². The number of carbonyl (C=O) groups excluding carboxylic acids is 1. The third-order valence-corrected chi connectivity index (χ3v) is 4.36. The van der Waals surface area contributed by atoms with E-state index in [9.17, 15) is 9.59 Å². The minimum Gasteiger partial charge on any atom is -0.478 e. The van der Waals surface area contributed by atoms with Gasteiger partial charge in [-0.1, -0.05) is 25.5 Å². The summed E-state index contributed by atoms with van der Waals surface area (Å²) in [5.74, 6) is 0.124. The van der Waals surface area contributed by atoms with Gasteiger partial charge in [-0.3, -0.25) is 4.79 Å². The molecule has 0 aliphatic rings. The lowest BCUT2D eigenvalue weighted by Gasteiger charge is -2.11. The average Bonchev–Trinajstić information content (AvgIpc) is 2.47. The maximum atomic E-state index is 11.9. The van der Waals surface area contributed by atoms with Gasteiger partial charge in [0.2, 0.25) is 5.91 Å². The third kappa shape index (κ3) is 6.67. The van der Waals surface area contributed by atoms with Crippen molar-refractivity contribution in [2.75, 3.05) is 12.3 Å². The van der Waals surface area contributed by atoms with Crippen LogP contribution in [0.3, 0.4) is 0 Å². The number of hydrogen-bond acceptors (Lipinski definition) is 3. The second-order valence-electron chi connectivity index (χ2n) is 4.91. The van der Waals surface area contributed by atoms with Crippen LogP contribution in [-0.2, 0) is 11.2 Å². The minimum atomic E-state index is -0.929. The molecule has 1 atom stereocenters. The number of thioether (sulfide) groups is 1. The van der Waals surface area contributed by atoms with E-state index in [2.05, 4.69) is 12.2 Å². The van der Waals surface area contributed by atoms with E-state index in [4.69, 9.17) is 5.11 Å². The van der Waals surface area contributed by atoms with E-state index in [1.54, 1.807) is 30.0 Å². The number of benzene rings is 1. The highest BCUT2D eigenvalue weighted by Crippen LogP contribution is 2.12. The Hall–Kier alpha value is -1.49. The van der Waals surface area contributed by atoms with Gasteiger partial charge in [-0.25, -0.2) is 4.79 Å². The van der Waals surface area contributed by atoms with E-state index in [-0.39, 0.29) is 16.7 Å². The molecule has 0 saturated heterocycles. The number of aromatic carboxylic acids is 1. The summed E-state index contributed by atoms with van der Waals surface area (Å²) in [6.45, 7) is 4.58. The van der Waals surface area contributed by atoms with Gasteiger partial charge in [0.05, 0.1) is 10.8 Å². The quantitative estimate of drug-likeness (QED) is 0.688. The maximum absolute atomic E-state index is 11.9. The molecule has 1 unspecified atom stereocenters. The van der Waals surface area contributed by atoms with Crippen molar-refractivity contribution >= 4 is 23.6 Å². The number of carboxylic acids is 1. The van der Waals surface area contributed by atoms with Crippen molar-refractivity contribution in [3.8, 4) is 0 Å². The molecule has 1 aromatic rings. The van der Waals surface area contributed by atoms with Gasteiger partial charge in [-0.15, -0.1) is 11.8 Å². The first-order valence-electron chi connectivity index (χ1n) is 7.26. The molecule has 0 radical (unpaired) electrons. The Morgan fingerprint density at radius 1 is 1.38 bits per heavy atom. The first-order valence-corrected chi connectivity index (χ1v) is 8.31. The molecular weight excluding hydrogens is 286 g/mol. The molecule has 0 aliphatic heterocycles. The summed E-state index contributed by atoms with van der Waals surface area (Å²) in [6, 6.07) is 6.81. The Bertz CT molecular complexity index is 476. The molecule has 1 aromatic carbocycles. The van der Waals surface area contributed by atoms with Crippen molar-refractivity contribution in [3.63, 3.8) is 0 Å². The molecule has 21 heavy (non-hydrogen) atoms. The van der Waals surface area contributed by atoms with Crippen molar-refractivity contribution in [3.05, 3.63) is 35.4 Å². The summed E-state index contributed by atoms with van der Waals surface area (Å²) in [5, 5.41) is 11.8. The van der Waals surface area contributed by atoms with Crippen LogP contribution in [0.15, 0.2) is 24.3 Å². The zero-order valence-corrected chi connectivity index (χ0v) is 13.4. The van der Waals surface area contributed by atoms with E-state index in [0.29, 0.717) is 13.0 Å². The Morgan fingerprint density at radius 3 is 2.81 bits per heavy atom. The van der Waals surface area contributed by atoms with Crippen molar-refractivity contribution in [2.24, 2.45) is 0 Å². The molecule has 1 amide bonds. The number of amides is 1. The van der Waals surface area contributed by atoms with Crippen LogP contribution in [0, 0.1) is 0 Å². The molecule has 5 heteroatoms. The molecule has 0 aromatic heterocycles. The lowest BCUT2D eigenvalue weighted by molar-refractivity contribution is -0.120. The Morgan fingerprint density at radius 2 is 2.14 bits per heavy atom. The highest BCUT2D eigenvalue weighted by molar-refractivity contribution is 8.00. The third-order valence-electron chi connectivity index (χ3n) is 3.12. The fraction of sp³-hybridized carbons (Fsp3) is 0.500. The number of nitrogens with one attached hydrogen (secondary N) is 1. The largest absolute Gasteiger partial charge is 0.478 e. The van der Waals surface area contributed by atoms with E-state index in [1.165, 1.54) is 0 Å². The summed E-state index contributed by atoms with van der Waals surface area (Å²) < 4.78 is 0. The van der Waals surface area contributed by atoms with Crippen molar-refractivity contribution < 1.29 is 14.7 Å². The normalized spacial score (nSPS) is 11.9. The highest BCUT2D eigenvalue weighted by Gasteiger charge is 2.12. The van der Waals surface area contributed by atoms with Gasteiger partial charge in [0.15, 0.2) is 0 Å². The standard InChI is InChI=1S/C16H23NO3S/c1-3-4-10-21-12(2)15(18)17-9-8-13-6-5-7-14(11-13)16(19)20/h5-7,11-12H,3-4,8-10H2,1-2H3,(H,17,18)(H,19,20). The van der Waals surface area contributed by atoms with Gasteiger partial charge in [-0.05, 0) is 43.2 Å². The zero-order valence-electron chi connectivity index (χ0n) is 12.6. The number of carboxylic acid groups (broad SMARTS) is 1. The van der Waals surface area contributed by atoms with Gasteiger partial charge in [0.1, 0.15) is 0 Å². The molecule has 0 bridgehead atoms. The summed E-state index contributed by atoms with van der Waals surface area (Å²) in [6.07, 6.45) is 2.91. The molecule has 0 aliphatic carbocycles. The summed E-state index contributed by atoms with van der Waals surface area (Å²) in [7, 11) is 0. The number of hydrogen-bond donors (Lipinski definition) is 2. The highest BCUT2D eigenvalue weighted by atomic mass is 32.2. The number of carbonyl (C=O) groups is 2. The van der Waals surface area contributed by atoms with Gasteiger partial charge in [-0.2, -0.15) is 0 Å². The Balaban J connectivity index is 2.34. The summed E-state index contributed by atoms with van der Waals surface area (Å²) in [4.78, 5) is 22.8. The molecule has 116 valence electrons. The molecule has 0 fully saturated rings. The topological polar surface area (TPSA) is 66.4 Å². The minimum absolute atomic E-state index is 0.0399. The van der Waals surface area contributed by atoms with E-state index in [1.807, 2.05) is 13.0 Å².